The SMILES string of the molecule is CNCc1ccc(CN(C)Cc2cccc(Br)c2)nc1. The van der Waals surface area contributed by atoms with Gasteiger partial charge in [0, 0.05) is 30.3 Å². The second-order valence-electron chi connectivity index (χ2n) is 4.99. The Hall–Kier alpha value is -1.23. The molecule has 0 fully saturated rings. The van der Waals surface area contributed by atoms with Gasteiger partial charge in [0.05, 0.1) is 5.69 Å². The van der Waals surface area contributed by atoms with E-state index in [1.807, 2.05) is 19.3 Å². The predicted molar refractivity (Wildman–Crippen MR) is 86.3 cm³/mol. The van der Waals surface area contributed by atoms with E-state index in [9.17, 15) is 0 Å². The number of hydrogen-bond acceptors (Lipinski definition) is 3. The molecule has 0 amide bonds. The maximum Gasteiger partial charge on any atom is 0.0544 e. The molecule has 0 saturated heterocycles. The summed E-state index contributed by atoms with van der Waals surface area (Å²) < 4.78 is 1.12. The number of nitrogens with one attached hydrogen (secondary N) is 1. The van der Waals surface area contributed by atoms with E-state index in [2.05, 4.69) is 68.5 Å². The Kier molecular flexibility index (Phi) is 5.71. The van der Waals surface area contributed by atoms with Crippen LogP contribution in [-0.2, 0) is 19.6 Å². The molecular formula is C16H20BrN3. The average molecular weight is 334 g/mol. The van der Waals surface area contributed by atoms with E-state index in [0.717, 1.165) is 29.8 Å². The van der Waals surface area contributed by atoms with Crippen LogP contribution in [-0.4, -0.2) is 24.0 Å². The van der Waals surface area contributed by atoms with Crippen LogP contribution in [0.3, 0.4) is 0 Å². The van der Waals surface area contributed by atoms with E-state index in [1.54, 1.807) is 0 Å². The summed E-state index contributed by atoms with van der Waals surface area (Å²) in [6.07, 6.45) is 1.94. The molecule has 0 bridgehead atoms. The van der Waals surface area contributed by atoms with Crippen LogP contribution in [0.5, 0.6) is 0 Å². The van der Waals surface area contributed by atoms with Crippen molar-refractivity contribution >= 4 is 15.9 Å². The lowest BCUT2D eigenvalue weighted by Gasteiger charge is -2.16. The molecule has 0 radical (unpaired) electrons. The minimum absolute atomic E-state index is 0.854. The molecule has 2 aromatic rings. The summed E-state index contributed by atoms with van der Waals surface area (Å²) in [5.41, 5.74) is 3.61. The summed E-state index contributed by atoms with van der Waals surface area (Å²) in [6.45, 7) is 2.63. The summed E-state index contributed by atoms with van der Waals surface area (Å²) in [6, 6.07) is 12.6. The second-order valence-corrected chi connectivity index (χ2v) is 5.91. The summed E-state index contributed by atoms with van der Waals surface area (Å²) in [5.74, 6) is 0. The molecule has 0 spiro atoms. The predicted octanol–water partition coefficient (Wildman–Crippen LogP) is 3.20. The molecular weight excluding hydrogens is 314 g/mol. The molecule has 20 heavy (non-hydrogen) atoms. The fourth-order valence-electron chi connectivity index (χ4n) is 2.14. The number of halogens is 1. The largest absolute Gasteiger partial charge is 0.316 e. The Bertz CT molecular complexity index is 540. The molecule has 3 nitrogen and oxygen atoms in total. The lowest BCUT2D eigenvalue weighted by molar-refractivity contribution is 0.315. The van der Waals surface area contributed by atoms with Crippen LogP contribution in [0.15, 0.2) is 47.1 Å². The minimum atomic E-state index is 0.854. The van der Waals surface area contributed by atoms with Gasteiger partial charge in [0.1, 0.15) is 0 Å². The first kappa shape index (κ1) is 15.2. The lowest BCUT2D eigenvalue weighted by Crippen LogP contribution is -2.18. The van der Waals surface area contributed by atoms with Crippen LogP contribution in [0.4, 0.5) is 0 Å². The van der Waals surface area contributed by atoms with Gasteiger partial charge in [-0.1, -0.05) is 34.1 Å². The minimum Gasteiger partial charge on any atom is -0.316 e. The lowest BCUT2D eigenvalue weighted by atomic mass is 10.2. The standard InChI is InChI=1S/C16H20BrN3/c1-18-9-14-6-7-16(19-10-14)12-20(2)11-13-4-3-5-15(17)8-13/h3-8,10,18H,9,11-12H2,1-2H3. The Labute approximate surface area is 129 Å². The van der Waals surface area contributed by atoms with Gasteiger partial charge in [-0.25, -0.2) is 0 Å². The Morgan fingerprint density at radius 1 is 1.15 bits per heavy atom. The molecule has 1 aromatic heterocycles. The highest BCUT2D eigenvalue weighted by molar-refractivity contribution is 9.10. The zero-order valence-corrected chi connectivity index (χ0v) is 13.5. The van der Waals surface area contributed by atoms with Gasteiger partial charge < -0.3 is 5.32 Å². The quantitative estimate of drug-likeness (QED) is 0.879. The highest BCUT2D eigenvalue weighted by atomic mass is 79.9. The number of nitrogens with zero attached hydrogens (tertiary/aromatic N) is 2. The van der Waals surface area contributed by atoms with Crippen molar-refractivity contribution in [3.05, 3.63) is 63.9 Å². The molecule has 0 aliphatic rings. The number of hydrogen-bond donors (Lipinski definition) is 1. The zero-order valence-electron chi connectivity index (χ0n) is 11.9. The molecule has 1 aromatic carbocycles. The molecule has 0 atom stereocenters. The normalized spacial score (nSPS) is 11.0. The number of benzene rings is 1. The molecule has 2 rings (SSSR count). The number of pyridine rings is 1. The van der Waals surface area contributed by atoms with Crippen molar-refractivity contribution in [2.24, 2.45) is 0 Å². The fraction of sp³-hybridized carbons (Fsp3) is 0.312. The van der Waals surface area contributed by atoms with Gasteiger partial charge in [0.15, 0.2) is 0 Å². The third kappa shape index (κ3) is 4.71. The van der Waals surface area contributed by atoms with Crippen molar-refractivity contribution in [3.8, 4) is 0 Å². The van der Waals surface area contributed by atoms with Crippen LogP contribution in [0.1, 0.15) is 16.8 Å². The molecule has 1 heterocycles. The molecule has 0 aliphatic heterocycles. The van der Waals surface area contributed by atoms with Crippen molar-refractivity contribution in [1.82, 2.24) is 15.2 Å². The molecule has 1 N–H and O–H groups in total. The van der Waals surface area contributed by atoms with E-state index in [1.165, 1.54) is 11.1 Å². The third-order valence-corrected chi connectivity index (χ3v) is 3.53. The second kappa shape index (κ2) is 7.53. The highest BCUT2D eigenvalue weighted by Crippen LogP contribution is 2.13. The van der Waals surface area contributed by atoms with Crippen molar-refractivity contribution in [2.45, 2.75) is 19.6 Å². The highest BCUT2D eigenvalue weighted by Gasteiger charge is 2.03. The molecule has 0 unspecified atom stereocenters. The first-order valence-corrected chi connectivity index (χ1v) is 7.48. The van der Waals surface area contributed by atoms with E-state index >= 15 is 0 Å². The van der Waals surface area contributed by atoms with Gasteiger partial charge in [-0.2, -0.15) is 0 Å². The van der Waals surface area contributed by atoms with Crippen molar-refractivity contribution < 1.29 is 0 Å². The molecule has 106 valence electrons. The Morgan fingerprint density at radius 2 is 2.00 bits per heavy atom. The van der Waals surface area contributed by atoms with Crippen LogP contribution in [0.25, 0.3) is 0 Å². The monoisotopic (exact) mass is 333 g/mol. The topological polar surface area (TPSA) is 28.2 Å². The summed E-state index contributed by atoms with van der Waals surface area (Å²) >= 11 is 3.50. The first-order valence-electron chi connectivity index (χ1n) is 6.69. The van der Waals surface area contributed by atoms with Crippen molar-refractivity contribution in [2.75, 3.05) is 14.1 Å². The Balaban J connectivity index is 1.92. The van der Waals surface area contributed by atoms with Crippen molar-refractivity contribution in [1.29, 1.82) is 0 Å². The maximum atomic E-state index is 4.51. The average Bonchev–Trinajstić information content (AvgIpc) is 2.41. The zero-order chi connectivity index (χ0) is 14.4. The van der Waals surface area contributed by atoms with Crippen LogP contribution in [0.2, 0.25) is 0 Å². The third-order valence-electron chi connectivity index (χ3n) is 3.04. The molecule has 0 aliphatic carbocycles. The van der Waals surface area contributed by atoms with Crippen molar-refractivity contribution in [3.63, 3.8) is 0 Å². The van der Waals surface area contributed by atoms with Gasteiger partial charge in [-0.3, -0.25) is 9.88 Å². The fourth-order valence-corrected chi connectivity index (χ4v) is 2.58. The Morgan fingerprint density at radius 3 is 2.65 bits per heavy atom. The van der Waals surface area contributed by atoms with E-state index < -0.39 is 0 Å². The summed E-state index contributed by atoms with van der Waals surface area (Å²) in [4.78, 5) is 6.77. The van der Waals surface area contributed by atoms with Crippen LogP contribution >= 0.6 is 15.9 Å². The first-order chi connectivity index (χ1) is 9.67. The maximum absolute atomic E-state index is 4.51. The number of rotatable bonds is 6. The molecule has 4 heteroatoms. The van der Waals surface area contributed by atoms with Gasteiger partial charge in [-0.05, 0) is 43.4 Å². The van der Waals surface area contributed by atoms with E-state index in [0.29, 0.717) is 0 Å². The number of aromatic nitrogens is 1. The molecule has 0 saturated carbocycles. The van der Waals surface area contributed by atoms with Gasteiger partial charge in [0.25, 0.3) is 0 Å². The van der Waals surface area contributed by atoms with E-state index in [4.69, 9.17) is 0 Å². The van der Waals surface area contributed by atoms with Gasteiger partial charge in [0.2, 0.25) is 0 Å². The smallest absolute Gasteiger partial charge is 0.0544 e. The van der Waals surface area contributed by atoms with Crippen LogP contribution < -0.4 is 5.32 Å². The van der Waals surface area contributed by atoms with Gasteiger partial charge in [-0.15, -0.1) is 0 Å². The van der Waals surface area contributed by atoms with Gasteiger partial charge >= 0.3 is 0 Å². The van der Waals surface area contributed by atoms with E-state index in [-0.39, 0.29) is 0 Å². The summed E-state index contributed by atoms with van der Waals surface area (Å²) in [7, 11) is 4.06. The van der Waals surface area contributed by atoms with Crippen LogP contribution in [0, 0.1) is 0 Å². The summed E-state index contributed by atoms with van der Waals surface area (Å²) in [5, 5.41) is 3.13.